The topological polar surface area (TPSA) is 74.7 Å². The second-order valence-corrected chi connectivity index (χ2v) is 5.53. The van der Waals surface area contributed by atoms with Gasteiger partial charge in [-0.25, -0.2) is 0 Å². The summed E-state index contributed by atoms with van der Waals surface area (Å²) in [5.74, 6) is -1.89. The first kappa shape index (κ1) is 15.3. The quantitative estimate of drug-likeness (QED) is 0.862. The molecule has 1 aliphatic rings. The number of rotatable bonds is 4. The Morgan fingerprint density at radius 3 is 2.57 bits per heavy atom. The molecule has 2 rings (SSSR count). The molecule has 5 nitrogen and oxygen atoms in total. The molecule has 1 heterocycles. The number of benzene rings is 1. The molecule has 1 N–H and O–H groups in total. The SMILES string of the molecule is O=C(O)CN1C(=O)SC(=CC(Cl)=Cc2ccccc2)C1=O. The monoisotopic (exact) mass is 323 g/mol. The fourth-order valence-electron chi connectivity index (χ4n) is 1.65. The maximum absolute atomic E-state index is 11.9. The Morgan fingerprint density at radius 2 is 1.95 bits per heavy atom. The molecule has 0 aliphatic carbocycles. The van der Waals surface area contributed by atoms with Gasteiger partial charge >= 0.3 is 5.97 Å². The molecular formula is C14H10ClNO4S. The summed E-state index contributed by atoms with van der Waals surface area (Å²) < 4.78 is 0. The second kappa shape index (κ2) is 6.60. The van der Waals surface area contributed by atoms with Gasteiger partial charge in [0.1, 0.15) is 6.54 Å². The first-order valence-corrected chi connectivity index (χ1v) is 7.06. The van der Waals surface area contributed by atoms with E-state index in [1.165, 1.54) is 6.08 Å². The lowest BCUT2D eigenvalue weighted by molar-refractivity contribution is -0.140. The average molecular weight is 324 g/mol. The maximum atomic E-state index is 11.9. The van der Waals surface area contributed by atoms with Gasteiger partial charge in [-0.1, -0.05) is 41.9 Å². The average Bonchev–Trinajstić information content (AvgIpc) is 2.67. The number of carboxylic acid groups (broad SMARTS) is 1. The molecule has 0 bridgehead atoms. The summed E-state index contributed by atoms with van der Waals surface area (Å²) in [5, 5.41) is 8.33. The minimum Gasteiger partial charge on any atom is -0.480 e. The number of carboxylic acids is 1. The fraction of sp³-hybridized carbons (Fsp3) is 0.0714. The van der Waals surface area contributed by atoms with Crippen LogP contribution in [0.5, 0.6) is 0 Å². The molecule has 0 saturated carbocycles. The predicted molar refractivity (Wildman–Crippen MR) is 80.7 cm³/mol. The highest BCUT2D eigenvalue weighted by Gasteiger charge is 2.36. The number of halogens is 1. The number of aliphatic carboxylic acids is 1. The Balaban J connectivity index is 2.18. The molecule has 0 atom stereocenters. The summed E-state index contributed by atoms with van der Waals surface area (Å²) in [6.07, 6.45) is 3.01. The highest BCUT2D eigenvalue weighted by Crippen LogP contribution is 2.32. The summed E-state index contributed by atoms with van der Waals surface area (Å²) in [6, 6.07) is 9.23. The lowest BCUT2D eigenvalue weighted by Gasteiger charge is -2.07. The number of nitrogens with zero attached hydrogens (tertiary/aromatic N) is 1. The van der Waals surface area contributed by atoms with Gasteiger partial charge in [0.05, 0.1) is 4.91 Å². The number of hydrogen-bond donors (Lipinski definition) is 1. The van der Waals surface area contributed by atoms with Crippen LogP contribution in [0.3, 0.4) is 0 Å². The molecule has 0 radical (unpaired) electrons. The van der Waals surface area contributed by atoms with Crippen LogP contribution in [0.4, 0.5) is 4.79 Å². The van der Waals surface area contributed by atoms with Gasteiger partial charge in [-0.05, 0) is 29.5 Å². The van der Waals surface area contributed by atoms with Gasteiger partial charge in [-0.3, -0.25) is 19.3 Å². The van der Waals surface area contributed by atoms with Crippen LogP contribution in [0.1, 0.15) is 5.56 Å². The summed E-state index contributed by atoms with van der Waals surface area (Å²) in [6.45, 7) is -0.651. The molecule has 1 aromatic rings. The van der Waals surface area contributed by atoms with E-state index in [-0.39, 0.29) is 9.94 Å². The molecule has 0 unspecified atom stereocenters. The third-order valence-electron chi connectivity index (χ3n) is 2.54. The molecule has 7 heteroatoms. The predicted octanol–water partition coefficient (Wildman–Crippen LogP) is 2.93. The molecule has 2 amide bonds. The van der Waals surface area contributed by atoms with E-state index < -0.39 is 23.7 Å². The zero-order chi connectivity index (χ0) is 15.4. The minimum atomic E-state index is -1.25. The Hall–Kier alpha value is -2.05. The van der Waals surface area contributed by atoms with Crippen molar-refractivity contribution in [2.45, 2.75) is 0 Å². The number of amides is 2. The Kier molecular flexibility index (Phi) is 4.82. The van der Waals surface area contributed by atoms with E-state index in [1.807, 2.05) is 30.3 Å². The lowest BCUT2D eigenvalue weighted by Crippen LogP contribution is -2.33. The third-order valence-corrected chi connectivity index (χ3v) is 3.67. The van der Waals surface area contributed by atoms with Gasteiger partial charge in [0, 0.05) is 5.03 Å². The zero-order valence-corrected chi connectivity index (χ0v) is 12.2. The van der Waals surface area contributed by atoms with Crippen molar-refractivity contribution >= 4 is 46.6 Å². The lowest BCUT2D eigenvalue weighted by atomic mass is 10.2. The molecule has 0 spiro atoms. The molecular weight excluding hydrogens is 314 g/mol. The zero-order valence-electron chi connectivity index (χ0n) is 10.7. The number of carbonyl (C=O) groups excluding carboxylic acids is 2. The van der Waals surface area contributed by atoms with Crippen LogP contribution in [0.15, 0.2) is 46.3 Å². The molecule has 0 aromatic heterocycles. The molecule has 1 aliphatic heterocycles. The number of thioether (sulfide) groups is 1. The van der Waals surface area contributed by atoms with Crippen LogP contribution in [-0.4, -0.2) is 33.7 Å². The van der Waals surface area contributed by atoms with Crippen molar-refractivity contribution in [3.63, 3.8) is 0 Å². The van der Waals surface area contributed by atoms with Crippen molar-refractivity contribution in [1.29, 1.82) is 0 Å². The summed E-state index contributed by atoms with van der Waals surface area (Å²) in [4.78, 5) is 34.9. The Bertz CT molecular complexity index is 654. The van der Waals surface area contributed by atoms with Gasteiger partial charge in [-0.2, -0.15) is 0 Å². The van der Waals surface area contributed by atoms with Crippen LogP contribution < -0.4 is 0 Å². The van der Waals surface area contributed by atoms with Crippen LogP contribution in [0.2, 0.25) is 0 Å². The molecule has 108 valence electrons. The van der Waals surface area contributed by atoms with E-state index in [9.17, 15) is 14.4 Å². The number of hydrogen-bond acceptors (Lipinski definition) is 4. The first-order valence-electron chi connectivity index (χ1n) is 5.87. The van der Waals surface area contributed by atoms with Crippen molar-refractivity contribution < 1.29 is 19.5 Å². The molecule has 1 aromatic carbocycles. The van der Waals surface area contributed by atoms with Crippen molar-refractivity contribution in [1.82, 2.24) is 4.90 Å². The highest BCUT2D eigenvalue weighted by molar-refractivity contribution is 8.18. The largest absolute Gasteiger partial charge is 0.480 e. The molecule has 1 saturated heterocycles. The van der Waals surface area contributed by atoms with Crippen molar-refractivity contribution in [3.05, 3.63) is 51.9 Å². The fourth-order valence-corrected chi connectivity index (χ4v) is 2.78. The third kappa shape index (κ3) is 3.96. The number of imide groups is 1. The van der Waals surface area contributed by atoms with Crippen LogP contribution in [0, 0.1) is 0 Å². The number of allylic oxidation sites excluding steroid dienone is 2. The van der Waals surface area contributed by atoms with Crippen LogP contribution >= 0.6 is 23.4 Å². The van der Waals surface area contributed by atoms with E-state index in [0.717, 1.165) is 5.56 Å². The van der Waals surface area contributed by atoms with E-state index in [1.54, 1.807) is 6.08 Å². The number of carbonyl (C=O) groups is 3. The van der Waals surface area contributed by atoms with Gasteiger partial charge in [0.2, 0.25) is 0 Å². The van der Waals surface area contributed by atoms with Gasteiger partial charge in [0.25, 0.3) is 11.1 Å². The smallest absolute Gasteiger partial charge is 0.323 e. The standard InChI is InChI=1S/C14H10ClNO4S/c15-10(6-9-4-2-1-3-5-9)7-11-13(19)16(8-12(17)18)14(20)21-11/h1-7H,8H2,(H,17,18). The Morgan fingerprint density at radius 1 is 1.29 bits per heavy atom. The van der Waals surface area contributed by atoms with Crippen LogP contribution in [0.25, 0.3) is 6.08 Å². The van der Waals surface area contributed by atoms with E-state index in [2.05, 4.69) is 0 Å². The normalized spacial score (nSPS) is 17.7. The van der Waals surface area contributed by atoms with E-state index >= 15 is 0 Å². The van der Waals surface area contributed by atoms with Gasteiger partial charge < -0.3 is 5.11 Å². The van der Waals surface area contributed by atoms with Crippen molar-refractivity contribution in [3.8, 4) is 0 Å². The summed E-state index contributed by atoms with van der Waals surface area (Å²) in [5.41, 5.74) is 0.850. The van der Waals surface area contributed by atoms with Crippen LogP contribution in [-0.2, 0) is 9.59 Å². The highest BCUT2D eigenvalue weighted by atomic mass is 35.5. The summed E-state index contributed by atoms with van der Waals surface area (Å²) >= 11 is 6.71. The molecule has 21 heavy (non-hydrogen) atoms. The van der Waals surface area contributed by atoms with Crippen molar-refractivity contribution in [2.75, 3.05) is 6.54 Å². The first-order chi connectivity index (χ1) is 9.97. The maximum Gasteiger partial charge on any atom is 0.323 e. The van der Waals surface area contributed by atoms with Gasteiger partial charge in [0.15, 0.2) is 0 Å². The van der Waals surface area contributed by atoms with E-state index in [0.29, 0.717) is 16.7 Å². The minimum absolute atomic E-state index is 0.110. The van der Waals surface area contributed by atoms with E-state index in [4.69, 9.17) is 16.7 Å². The second-order valence-electron chi connectivity index (χ2n) is 4.10. The van der Waals surface area contributed by atoms with Crippen molar-refractivity contribution in [2.24, 2.45) is 0 Å². The Labute approximate surface area is 129 Å². The summed E-state index contributed by atoms with van der Waals surface area (Å²) in [7, 11) is 0. The van der Waals surface area contributed by atoms with Gasteiger partial charge in [-0.15, -0.1) is 0 Å². The molecule has 1 fully saturated rings.